The summed E-state index contributed by atoms with van der Waals surface area (Å²) in [5, 5.41) is 2.87. The summed E-state index contributed by atoms with van der Waals surface area (Å²) in [5.74, 6) is 0.877. The highest BCUT2D eigenvalue weighted by Gasteiger charge is 2.17. The Hall–Kier alpha value is -1.85. The van der Waals surface area contributed by atoms with E-state index >= 15 is 0 Å². The second kappa shape index (κ2) is 4.78. The van der Waals surface area contributed by atoms with Gasteiger partial charge in [-0.05, 0) is 18.9 Å². The number of nitrogens with two attached hydrogens (primary N) is 1. The Bertz CT molecular complexity index is 375. The number of amides is 1. The first-order chi connectivity index (χ1) is 7.75. The number of carbonyl (C=O) groups excluding carboxylic acids is 1. The molecule has 2 rings (SSSR count). The van der Waals surface area contributed by atoms with Crippen molar-refractivity contribution in [3.05, 3.63) is 12.3 Å². The van der Waals surface area contributed by atoms with Crippen LogP contribution in [0.1, 0.15) is 12.8 Å². The van der Waals surface area contributed by atoms with E-state index in [1.165, 1.54) is 0 Å². The van der Waals surface area contributed by atoms with Crippen LogP contribution in [0.3, 0.4) is 0 Å². The Morgan fingerprint density at radius 1 is 1.50 bits per heavy atom. The SMILES string of the molecule is Nc1ccnc(NCC(=O)N2CCCC2)n1. The van der Waals surface area contributed by atoms with Crippen molar-refractivity contribution in [2.45, 2.75) is 12.8 Å². The van der Waals surface area contributed by atoms with Gasteiger partial charge in [-0.1, -0.05) is 0 Å². The second-order valence-corrected chi connectivity index (χ2v) is 3.75. The molecule has 2 heterocycles. The van der Waals surface area contributed by atoms with Gasteiger partial charge in [0, 0.05) is 19.3 Å². The number of rotatable bonds is 3. The van der Waals surface area contributed by atoms with E-state index in [0.717, 1.165) is 25.9 Å². The maximum Gasteiger partial charge on any atom is 0.241 e. The third kappa shape index (κ3) is 2.59. The van der Waals surface area contributed by atoms with E-state index in [4.69, 9.17) is 5.73 Å². The Morgan fingerprint density at radius 2 is 2.25 bits per heavy atom. The van der Waals surface area contributed by atoms with E-state index in [1.807, 2.05) is 4.90 Å². The van der Waals surface area contributed by atoms with Crippen molar-refractivity contribution < 1.29 is 4.79 Å². The van der Waals surface area contributed by atoms with Crippen LogP contribution in [0.15, 0.2) is 12.3 Å². The maximum atomic E-state index is 11.7. The zero-order valence-corrected chi connectivity index (χ0v) is 9.02. The Labute approximate surface area is 93.9 Å². The van der Waals surface area contributed by atoms with Crippen molar-refractivity contribution in [1.29, 1.82) is 0 Å². The van der Waals surface area contributed by atoms with Crippen molar-refractivity contribution in [2.24, 2.45) is 0 Å². The molecule has 1 saturated heterocycles. The molecule has 3 N–H and O–H groups in total. The fraction of sp³-hybridized carbons (Fsp3) is 0.500. The van der Waals surface area contributed by atoms with Gasteiger partial charge in [-0.3, -0.25) is 4.79 Å². The standard InChI is InChI=1S/C10H15N5O/c11-8-3-4-12-10(14-8)13-7-9(16)15-5-1-2-6-15/h3-4H,1-2,5-7H2,(H3,11,12,13,14). The maximum absolute atomic E-state index is 11.7. The van der Waals surface area contributed by atoms with E-state index in [0.29, 0.717) is 11.8 Å². The highest BCUT2D eigenvalue weighted by Crippen LogP contribution is 2.07. The van der Waals surface area contributed by atoms with E-state index in [2.05, 4.69) is 15.3 Å². The third-order valence-corrected chi connectivity index (χ3v) is 2.53. The number of nitrogens with zero attached hydrogens (tertiary/aromatic N) is 3. The van der Waals surface area contributed by atoms with Gasteiger partial charge in [-0.25, -0.2) is 4.98 Å². The molecule has 1 amide bonds. The summed E-state index contributed by atoms with van der Waals surface area (Å²) in [6.45, 7) is 1.94. The first-order valence-electron chi connectivity index (χ1n) is 5.36. The summed E-state index contributed by atoms with van der Waals surface area (Å²) in [7, 11) is 0. The van der Waals surface area contributed by atoms with Gasteiger partial charge in [0.2, 0.25) is 11.9 Å². The minimum absolute atomic E-state index is 0.0866. The first kappa shape index (κ1) is 10.7. The molecule has 0 spiro atoms. The molecule has 0 saturated carbocycles. The van der Waals surface area contributed by atoms with Crippen molar-refractivity contribution in [3.8, 4) is 0 Å². The predicted molar refractivity (Wildman–Crippen MR) is 60.7 cm³/mol. The van der Waals surface area contributed by atoms with Gasteiger partial charge in [0.15, 0.2) is 0 Å². The van der Waals surface area contributed by atoms with Crippen LogP contribution in [0.5, 0.6) is 0 Å². The van der Waals surface area contributed by atoms with Crippen LogP contribution in [0.4, 0.5) is 11.8 Å². The topological polar surface area (TPSA) is 84.1 Å². The molecule has 1 aliphatic heterocycles. The summed E-state index contributed by atoms with van der Waals surface area (Å²) in [6, 6.07) is 1.60. The van der Waals surface area contributed by atoms with Crippen molar-refractivity contribution in [1.82, 2.24) is 14.9 Å². The minimum Gasteiger partial charge on any atom is -0.384 e. The van der Waals surface area contributed by atoms with Gasteiger partial charge in [-0.2, -0.15) is 4.98 Å². The number of nitrogens with one attached hydrogen (secondary N) is 1. The molecule has 6 heteroatoms. The van der Waals surface area contributed by atoms with Gasteiger partial charge >= 0.3 is 0 Å². The fourth-order valence-electron chi connectivity index (χ4n) is 1.69. The van der Waals surface area contributed by atoms with Crippen LogP contribution in [-0.2, 0) is 4.79 Å². The molecule has 0 aromatic carbocycles. The average Bonchev–Trinajstić information content (AvgIpc) is 2.79. The molecular weight excluding hydrogens is 206 g/mol. The molecule has 0 unspecified atom stereocenters. The summed E-state index contributed by atoms with van der Waals surface area (Å²) in [5.41, 5.74) is 5.50. The number of hydrogen-bond acceptors (Lipinski definition) is 5. The van der Waals surface area contributed by atoms with Gasteiger partial charge in [0.25, 0.3) is 0 Å². The van der Waals surface area contributed by atoms with Gasteiger partial charge in [-0.15, -0.1) is 0 Å². The lowest BCUT2D eigenvalue weighted by Gasteiger charge is -2.15. The lowest BCUT2D eigenvalue weighted by molar-refractivity contribution is -0.128. The number of aromatic nitrogens is 2. The van der Waals surface area contributed by atoms with E-state index in [-0.39, 0.29) is 12.5 Å². The lowest BCUT2D eigenvalue weighted by atomic mass is 10.4. The molecule has 0 radical (unpaired) electrons. The number of anilines is 2. The van der Waals surface area contributed by atoms with Crippen LogP contribution < -0.4 is 11.1 Å². The minimum atomic E-state index is 0.0866. The average molecular weight is 221 g/mol. The molecule has 0 bridgehead atoms. The van der Waals surface area contributed by atoms with E-state index < -0.39 is 0 Å². The molecule has 1 aromatic rings. The molecule has 6 nitrogen and oxygen atoms in total. The molecule has 1 fully saturated rings. The van der Waals surface area contributed by atoms with Crippen LogP contribution in [0.2, 0.25) is 0 Å². The zero-order valence-electron chi connectivity index (χ0n) is 9.02. The number of likely N-dealkylation sites (tertiary alicyclic amines) is 1. The molecule has 86 valence electrons. The first-order valence-corrected chi connectivity index (χ1v) is 5.36. The summed E-state index contributed by atoms with van der Waals surface area (Å²) in [6.07, 6.45) is 3.76. The largest absolute Gasteiger partial charge is 0.384 e. The summed E-state index contributed by atoms with van der Waals surface area (Å²) >= 11 is 0. The Morgan fingerprint density at radius 3 is 2.94 bits per heavy atom. The normalized spacial score (nSPS) is 15.1. The predicted octanol–water partition coefficient (Wildman–Crippen LogP) is 0.0931. The second-order valence-electron chi connectivity index (χ2n) is 3.75. The van der Waals surface area contributed by atoms with Crippen LogP contribution >= 0.6 is 0 Å². The van der Waals surface area contributed by atoms with Crippen LogP contribution in [0, 0.1) is 0 Å². The monoisotopic (exact) mass is 221 g/mol. The quantitative estimate of drug-likeness (QED) is 0.756. The smallest absolute Gasteiger partial charge is 0.241 e. The molecule has 1 aromatic heterocycles. The zero-order chi connectivity index (χ0) is 11.4. The fourth-order valence-corrected chi connectivity index (χ4v) is 1.69. The van der Waals surface area contributed by atoms with Crippen molar-refractivity contribution >= 4 is 17.7 Å². The van der Waals surface area contributed by atoms with Crippen molar-refractivity contribution in [3.63, 3.8) is 0 Å². The van der Waals surface area contributed by atoms with Crippen molar-refractivity contribution in [2.75, 3.05) is 30.7 Å². The molecule has 0 atom stereocenters. The number of nitrogen functional groups attached to an aromatic ring is 1. The van der Waals surface area contributed by atoms with Gasteiger partial charge in [0.1, 0.15) is 5.82 Å². The Kier molecular flexibility index (Phi) is 3.19. The van der Waals surface area contributed by atoms with Crippen LogP contribution in [-0.4, -0.2) is 40.4 Å². The summed E-state index contributed by atoms with van der Waals surface area (Å²) in [4.78, 5) is 21.4. The summed E-state index contributed by atoms with van der Waals surface area (Å²) < 4.78 is 0. The highest BCUT2D eigenvalue weighted by molar-refractivity contribution is 5.80. The number of carbonyl (C=O) groups is 1. The third-order valence-electron chi connectivity index (χ3n) is 2.53. The van der Waals surface area contributed by atoms with E-state index in [1.54, 1.807) is 12.3 Å². The molecule has 16 heavy (non-hydrogen) atoms. The Balaban J connectivity index is 1.84. The molecule has 1 aliphatic rings. The number of hydrogen-bond donors (Lipinski definition) is 2. The van der Waals surface area contributed by atoms with Crippen LogP contribution in [0.25, 0.3) is 0 Å². The lowest BCUT2D eigenvalue weighted by Crippen LogP contribution is -2.33. The molecular formula is C10H15N5O. The highest BCUT2D eigenvalue weighted by atomic mass is 16.2. The van der Waals surface area contributed by atoms with Gasteiger partial charge < -0.3 is 16.0 Å². The van der Waals surface area contributed by atoms with Gasteiger partial charge in [0.05, 0.1) is 6.54 Å². The molecule has 0 aliphatic carbocycles. The van der Waals surface area contributed by atoms with E-state index in [9.17, 15) is 4.79 Å².